The summed E-state index contributed by atoms with van der Waals surface area (Å²) in [4.78, 5) is 16.0. The van der Waals surface area contributed by atoms with Crippen molar-refractivity contribution >= 4 is 5.91 Å². The molecule has 0 saturated carbocycles. The molecule has 1 heterocycles. The summed E-state index contributed by atoms with van der Waals surface area (Å²) in [5, 5.41) is 3.00. The number of nitrogens with two attached hydrogens (primary N) is 1. The number of hydrogen-bond acceptors (Lipinski definition) is 3. The second kappa shape index (κ2) is 7.24. The van der Waals surface area contributed by atoms with Crippen molar-refractivity contribution in [3.63, 3.8) is 0 Å². The van der Waals surface area contributed by atoms with Gasteiger partial charge in [0, 0.05) is 18.8 Å². The van der Waals surface area contributed by atoms with E-state index in [1.807, 2.05) is 19.1 Å². The van der Waals surface area contributed by atoms with Crippen molar-refractivity contribution in [2.45, 2.75) is 46.1 Å². The number of pyridine rings is 1. The summed E-state index contributed by atoms with van der Waals surface area (Å²) in [6, 6.07) is 3.84. The van der Waals surface area contributed by atoms with E-state index in [2.05, 4.69) is 24.1 Å². The fraction of sp³-hybridized carbons (Fsp3) is 0.600. The van der Waals surface area contributed by atoms with Crippen LogP contribution in [0.4, 0.5) is 0 Å². The van der Waals surface area contributed by atoms with Crippen molar-refractivity contribution in [2.75, 3.05) is 6.54 Å². The summed E-state index contributed by atoms with van der Waals surface area (Å²) >= 11 is 0. The van der Waals surface area contributed by atoms with Gasteiger partial charge < -0.3 is 11.1 Å². The first-order valence-corrected chi connectivity index (χ1v) is 6.84. The summed E-state index contributed by atoms with van der Waals surface area (Å²) < 4.78 is 0. The maximum Gasteiger partial charge on any atom is 0.220 e. The van der Waals surface area contributed by atoms with E-state index < -0.39 is 0 Å². The molecule has 4 heteroatoms. The van der Waals surface area contributed by atoms with E-state index in [1.54, 1.807) is 12.4 Å². The maximum absolute atomic E-state index is 11.9. The Hall–Kier alpha value is -1.42. The van der Waals surface area contributed by atoms with Crippen LogP contribution in [0, 0.1) is 5.41 Å². The molecule has 19 heavy (non-hydrogen) atoms. The van der Waals surface area contributed by atoms with Gasteiger partial charge in [0.05, 0.1) is 6.04 Å². The van der Waals surface area contributed by atoms with Gasteiger partial charge in [-0.2, -0.15) is 0 Å². The minimum absolute atomic E-state index is 0.00109. The molecule has 0 aliphatic heterocycles. The number of nitrogens with zero attached hydrogens (tertiary/aromatic N) is 1. The van der Waals surface area contributed by atoms with Gasteiger partial charge in [-0.3, -0.25) is 9.78 Å². The monoisotopic (exact) mass is 263 g/mol. The van der Waals surface area contributed by atoms with Gasteiger partial charge in [0.25, 0.3) is 0 Å². The standard InChI is InChI=1S/C15H25N3O/c1-12(13-5-4-10-17-11-13)18-14(19)6-7-15(2,3)8-9-16/h4-5,10-12H,6-9,16H2,1-3H3,(H,18,19)/t12-/m1/s1. The van der Waals surface area contributed by atoms with E-state index in [0.29, 0.717) is 13.0 Å². The smallest absolute Gasteiger partial charge is 0.220 e. The van der Waals surface area contributed by atoms with Gasteiger partial charge in [-0.25, -0.2) is 0 Å². The van der Waals surface area contributed by atoms with Crippen LogP contribution in [0.5, 0.6) is 0 Å². The second-order valence-corrected chi connectivity index (χ2v) is 5.78. The lowest BCUT2D eigenvalue weighted by atomic mass is 9.84. The number of carbonyl (C=O) groups is 1. The minimum atomic E-state index is -0.00109. The van der Waals surface area contributed by atoms with Crippen LogP contribution in [-0.2, 0) is 4.79 Å². The van der Waals surface area contributed by atoms with E-state index in [9.17, 15) is 4.79 Å². The van der Waals surface area contributed by atoms with Gasteiger partial charge in [-0.15, -0.1) is 0 Å². The largest absolute Gasteiger partial charge is 0.350 e. The van der Waals surface area contributed by atoms with Crippen LogP contribution >= 0.6 is 0 Å². The molecule has 4 nitrogen and oxygen atoms in total. The molecule has 1 atom stereocenters. The predicted octanol–water partition coefficient (Wildman–Crippen LogP) is 2.41. The molecule has 3 N–H and O–H groups in total. The Bertz CT molecular complexity index is 390. The number of hydrogen-bond donors (Lipinski definition) is 2. The first-order valence-electron chi connectivity index (χ1n) is 6.84. The van der Waals surface area contributed by atoms with E-state index in [0.717, 1.165) is 18.4 Å². The molecular weight excluding hydrogens is 238 g/mol. The van der Waals surface area contributed by atoms with E-state index in [-0.39, 0.29) is 17.4 Å². The van der Waals surface area contributed by atoms with Gasteiger partial charge in [-0.05, 0) is 43.4 Å². The highest BCUT2D eigenvalue weighted by molar-refractivity contribution is 5.76. The SMILES string of the molecule is C[C@@H](NC(=O)CCC(C)(C)CCN)c1cccnc1. The first-order chi connectivity index (χ1) is 8.94. The van der Waals surface area contributed by atoms with Gasteiger partial charge in [0.1, 0.15) is 0 Å². The number of rotatable bonds is 7. The average molecular weight is 263 g/mol. The van der Waals surface area contributed by atoms with Crippen LogP contribution in [0.3, 0.4) is 0 Å². The minimum Gasteiger partial charge on any atom is -0.350 e. The topological polar surface area (TPSA) is 68.0 Å². The number of amides is 1. The van der Waals surface area contributed by atoms with E-state index in [1.165, 1.54) is 0 Å². The van der Waals surface area contributed by atoms with Crippen LogP contribution in [0.25, 0.3) is 0 Å². The Morgan fingerprint density at radius 2 is 2.21 bits per heavy atom. The van der Waals surface area contributed by atoms with Gasteiger partial charge in [-0.1, -0.05) is 19.9 Å². The van der Waals surface area contributed by atoms with Crippen molar-refractivity contribution in [2.24, 2.45) is 11.1 Å². The number of aromatic nitrogens is 1. The van der Waals surface area contributed by atoms with E-state index in [4.69, 9.17) is 5.73 Å². The quantitative estimate of drug-likeness (QED) is 0.794. The Kier molecular flexibility index (Phi) is 5.96. The van der Waals surface area contributed by atoms with Gasteiger partial charge in [0.15, 0.2) is 0 Å². The van der Waals surface area contributed by atoms with Crippen LogP contribution in [0.2, 0.25) is 0 Å². The first kappa shape index (κ1) is 15.6. The Labute approximate surface area is 115 Å². The van der Waals surface area contributed by atoms with Crippen molar-refractivity contribution in [3.8, 4) is 0 Å². The molecule has 0 aliphatic carbocycles. The number of nitrogens with one attached hydrogen (secondary N) is 1. The summed E-state index contributed by atoms with van der Waals surface area (Å²) in [7, 11) is 0. The zero-order valence-electron chi connectivity index (χ0n) is 12.1. The normalized spacial score (nSPS) is 13.1. The molecule has 1 amide bonds. The highest BCUT2D eigenvalue weighted by Gasteiger charge is 2.19. The molecule has 0 radical (unpaired) electrons. The zero-order valence-corrected chi connectivity index (χ0v) is 12.1. The highest BCUT2D eigenvalue weighted by atomic mass is 16.1. The highest BCUT2D eigenvalue weighted by Crippen LogP contribution is 2.25. The van der Waals surface area contributed by atoms with E-state index >= 15 is 0 Å². The summed E-state index contributed by atoms with van der Waals surface area (Å²) in [6.07, 6.45) is 5.85. The molecular formula is C15H25N3O. The summed E-state index contributed by atoms with van der Waals surface area (Å²) in [5.74, 6) is 0.0847. The zero-order chi connectivity index (χ0) is 14.3. The fourth-order valence-electron chi connectivity index (χ4n) is 2.00. The molecule has 1 aromatic rings. The van der Waals surface area contributed by atoms with Crippen LogP contribution in [0.1, 0.15) is 51.6 Å². The van der Waals surface area contributed by atoms with Crippen molar-refractivity contribution in [1.82, 2.24) is 10.3 Å². The van der Waals surface area contributed by atoms with Crippen molar-refractivity contribution in [3.05, 3.63) is 30.1 Å². The van der Waals surface area contributed by atoms with Crippen molar-refractivity contribution in [1.29, 1.82) is 0 Å². The maximum atomic E-state index is 11.9. The third-order valence-corrected chi connectivity index (χ3v) is 3.41. The molecule has 0 aromatic carbocycles. The van der Waals surface area contributed by atoms with Crippen LogP contribution in [0.15, 0.2) is 24.5 Å². The molecule has 0 bridgehead atoms. The average Bonchev–Trinajstić information content (AvgIpc) is 2.37. The van der Waals surface area contributed by atoms with Crippen molar-refractivity contribution < 1.29 is 4.79 Å². The lowest BCUT2D eigenvalue weighted by molar-refractivity contribution is -0.122. The lowest BCUT2D eigenvalue weighted by Gasteiger charge is -2.24. The van der Waals surface area contributed by atoms with Crippen LogP contribution in [-0.4, -0.2) is 17.4 Å². The van der Waals surface area contributed by atoms with Gasteiger partial charge in [0.2, 0.25) is 5.91 Å². The Balaban J connectivity index is 2.39. The molecule has 0 unspecified atom stereocenters. The molecule has 0 saturated heterocycles. The molecule has 0 spiro atoms. The Morgan fingerprint density at radius 1 is 1.47 bits per heavy atom. The van der Waals surface area contributed by atoms with Crippen LogP contribution < -0.4 is 11.1 Å². The molecule has 0 aliphatic rings. The predicted molar refractivity (Wildman–Crippen MR) is 77.5 cm³/mol. The Morgan fingerprint density at radius 3 is 2.79 bits per heavy atom. The molecule has 1 aromatic heterocycles. The lowest BCUT2D eigenvalue weighted by Crippen LogP contribution is -2.28. The third-order valence-electron chi connectivity index (χ3n) is 3.41. The fourth-order valence-corrected chi connectivity index (χ4v) is 2.00. The van der Waals surface area contributed by atoms with Gasteiger partial charge >= 0.3 is 0 Å². The summed E-state index contributed by atoms with van der Waals surface area (Å²) in [5.41, 5.74) is 6.72. The molecule has 106 valence electrons. The molecule has 0 fully saturated rings. The second-order valence-electron chi connectivity index (χ2n) is 5.78. The number of carbonyl (C=O) groups excluding carboxylic acids is 1. The third kappa shape index (κ3) is 5.83. The summed E-state index contributed by atoms with van der Waals surface area (Å²) in [6.45, 7) is 6.94. The molecule has 1 rings (SSSR count).